The zero-order valence-electron chi connectivity index (χ0n) is 22.6. The fraction of sp³-hybridized carbons (Fsp3) is 0.417. The lowest BCUT2D eigenvalue weighted by molar-refractivity contribution is -0.117. The summed E-state index contributed by atoms with van der Waals surface area (Å²) in [6, 6.07) is 4.77. The second-order valence-electron chi connectivity index (χ2n) is 8.41. The maximum atomic E-state index is 12.8. The van der Waals surface area contributed by atoms with Crippen LogP contribution in [0.3, 0.4) is 0 Å². The summed E-state index contributed by atoms with van der Waals surface area (Å²) in [6.07, 6.45) is 2.95. The molecule has 37 heavy (non-hydrogen) atoms. The summed E-state index contributed by atoms with van der Waals surface area (Å²) in [7, 11) is 3.19. The Hall–Kier alpha value is -4.26. The molecule has 3 N–H and O–H groups in total. The average Bonchev–Trinajstić information content (AvgIpc) is 3.61. The Morgan fingerprint density at radius 2 is 2.00 bits per heavy atom. The number of aromatic nitrogens is 5. The standard InChI is InChI=1S/C23H26N8O5.CH4/c1-24-23(33)19-16(8-18(28-29-19)27-22(32)12-4-5-12)26-17-7-13(36-14-9-35-10-14)6-15(20(17)34-3)21-25-11-31(2)30-21;/h6-8,11-12,14H,4-5,9-10H2,1-3H3,(H,24,33)(H2,26,27,28,32);1H4/i1D3;. The molecular weight excluding hydrogens is 480 g/mol. The third-order valence-electron chi connectivity index (χ3n) is 5.61. The molecule has 1 aromatic carbocycles. The maximum absolute atomic E-state index is 12.8. The molecule has 1 aliphatic carbocycles. The number of carbonyl (C=O) groups excluding carboxylic acids is 2. The minimum atomic E-state index is -2.76. The summed E-state index contributed by atoms with van der Waals surface area (Å²) in [5.74, 6) is -0.0843. The van der Waals surface area contributed by atoms with Crippen molar-refractivity contribution in [1.82, 2.24) is 30.3 Å². The largest absolute Gasteiger partial charge is 0.494 e. The first-order valence-corrected chi connectivity index (χ1v) is 11.2. The van der Waals surface area contributed by atoms with E-state index in [0.717, 1.165) is 12.8 Å². The van der Waals surface area contributed by atoms with Crippen LogP contribution in [0.15, 0.2) is 24.5 Å². The third-order valence-corrected chi connectivity index (χ3v) is 5.61. The number of nitrogens with zero attached hydrogens (tertiary/aromatic N) is 5. The summed E-state index contributed by atoms with van der Waals surface area (Å²) < 4.78 is 40.7. The van der Waals surface area contributed by atoms with Gasteiger partial charge in [0.05, 0.1) is 37.3 Å². The van der Waals surface area contributed by atoms with Gasteiger partial charge in [-0.1, -0.05) is 7.43 Å². The molecule has 0 atom stereocenters. The first kappa shape index (κ1) is 22.0. The van der Waals surface area contributed by atoms with E-state index in [9.17, 15) is 9.59 Å². The molecule has 0 radical (unpaired) electrons. The molecule has 2 aliphatic rings. The van der Waals surface area contributed by atoms with Gasteiger partial charge in [-0.25, -0.2) is 4.98 Å². The molecule has 0 spiro atoms. The number of benzene rings is 1. The van der Waals surface area contributed by atoms with Crippen molar-refractivity contribution in [1.29, 1.82) is 0 Å². The smallest absolute Gasteiger partial charge is 0.273 e. The number of hydrogen-bond donors (Lipinski definition) is 3. The van der Waals surface area contributed by atoms with E-state index in [-0.39, 0.29) is 42.6 Å². The normalized spacial score (nSPS) is 16.2. The van der Waals surface area contributed by atoms with Gasteiger partial charge in [0.1, 0.15) is 18.2 Å². The van der Waals surface area contributed by atoms with Gasteiger partial charge in [-0.3, -0.25) is 14.3 Å². The molecule has 196 valence electrons. The van der Waals surface area contributed by atoms with Crippen molar-refractivity contribution < 1.29 is 27.9 Å². The lowest BCUT2D eigenvalue weighted by Crippen LogP contribution is -2.38. The van der Waals surface area contributed by atoms with Crippen molar-refractivity contribution in [3.63, 3.8) is 0 Å². The number of amides is 2. The highest BCUT2D eigenvalue weighted by Gasteiger charge is 2.30. The number of rotatable bonds is 9. The predicted octanol–water partition coefficient (Wildman–Crippen LogP) is 2.15. The van der Waals surface area contributed by atoms with E-state index < -0.39 is 12.9 Å². The Morgan fingerprint density at radius 3 is 2.62 bits per heavy atom. The molecule has 5 rings (SSSR count). The van der Waals surface area contributed by atoms with Gasteiger partial charge in [-0.15, -0.1) is 10.2 Å². The van der Waals surface area contributed by atoms with Crippen LogP contribution in [0.4, 0.5) is 17.2 Å². The molecule has 1 aliphatic heterocycles. The number of ether oxygens (including phenoxy) is 3. The average molecular weight is 514 g/mol. The summed E-state index contributed by atoms with van der Waals surface area (Å²) in [4.78, 5) is 29.5. The number of aryl methyl sites for hydroxylation is 1. The summed E-state index contributed by atoms with van der Waals surface area (Å²) >= 11 is 0. The van der Waals surface area contributed by atoms with E-state index in [2.05, 4.69) is 30.9 Å². The fourth-order valence-electron chi connectivity index (χ4n) is 3.58. The van der Waals surface area contributed by atoms with E-state index in [1.807, 2.05) is 5.32 Å². The first-order chi connectivity index (χ1) is 18.6. The molecule has 1 saturated heterocycles. The number of nitrogens with one attached hydrogen (secondary N) is 3. The third kappa shape index (κ3) is 5.61. The number of carbonyl (C=O) groups is 2. The molecule has 13 heteroatoms. The van der Waals surface area contributed by atoms with Crippen molar-refractivity contribution in [2.75, 3.05) is 37.9 Å². The summed E-state index contributed by atoms with van der Waals surface area (Å²) in [5, 5.41) is 19.9. The highest BCUT2D eigenvalue weighted by Crippen LogP contribution is 2.41. The SMILES string of the molecule is C.[2H]C([2H])([2H])NC(=O)c1nnc(NC(=O)C2CC2)cc1Nc1cc(OC2COC2)cc(-c2ncn(C)n2)c1OC. The monoisotopic (exact) mass is 513 g/mol. The molecular formula is C24H30N8O5. The Labute approximate surface area is 218 Å². The first-order valence-electron chi connectivity index (χ1n) is 12.7. The number of hydrogen-bond acceptors (Lipinski definition) is 10. The van der Waals surface area contributed by atoms with Gasteiger partial charge in [0.25, 0.3) is 5.91 Å². The van der Waals surface area contributed by atoms with E-state index in [1.54, 1.807) is 19.2 Å². The van der Waals surface area contributed by atoms with Crippen LogP contribution in [-0.4, -0.2) is 70.2 Å². The zero-order valence-corrected chi connectivity index (χ0v) is 19.6. The molecule has 3 heterocycles. The van der Waals surface area contributed by atoms with Crippen LogP contribution in [-0.2, 0) is 16.6 Å². The molecule has 2 fully saturated rings. The second-order valence-corrected chi connectivity index (χ2v) is 8.41. The van der Waals surface area contributed by atoms with Gasteiger partial charge >= 0.3 is 0 Å². The minimum Gasteiger partial charge on any atom is -0.494 e. The van der Waals surface area contributed by atoms with Gasteiger partial charge in [0.15, 0.2) is 23.1 Å². The van der Waals surface area contributed by atoms with E-state index >= 15 is 0 Å². The van der Waals surface area contributed by atoms with Crippen molar-refractivity contribution in [2.24, 2.45) is 13.0 Å². The van der Waals surface area contributed by atoms with Crippen molar-refractivity contribution in [3.8, 4) is 22.9 Å². The number of anilines is 3. The lowest BCUT2D eigenvalue weighted by atomic mass is 10.1. The maximum Gasteiger partial charge on any atom is 0.273 e. The fourth-order valence-corrected chi connectivity index (χ4v) is 3.58. The molecule has 0 bridgehead atoms. The summed E-state index contributed by atoms with van der Waals surface area (Å²) in [5.41, 5.74) is 0.596. The van der Waals surface area contributed by atoms with Crippen molar-refractivity contribution in [2.45, 2.75) is 26.4 Å². The minimum absolute atomic E-state index is 0. The molecule has 2 amide bonds. The zero-order chi connectivity index (χ0) is 27.7. The van der Waals surface area contributed by atoms with Gasteiger partial charge in [0, 0.05) is 36.2 Å². The van der Waals surface area contributed by atoms with Gasteiger partial charge in [-0.2, -0.15) is 5.10 Å². The number of methoxy groups -OCH3 is 1. The van der Waals surface area contributed by atoms with Gasteiger partial charge in [-0.05, 0) is 18.9 Å². The van der Waals surface area contributed by atoms with Gasteiger partial charge in [0.2, 0.25) is 5.91 Å². The molecule has 0 unspecified atom stereocenters. The Balaban J connectivity index is 0.00000370. The van der Waals surface area contributed by atoms with E-state index in [0.29, 0.717) is 41.8 Å². The highest BCUT2D eigenvalue weighted by atomic mass is 16.6. The lowest BCUT2D eigenvalue weighted by Gasteiger charge is -2.27. The van der Waals surface area contributed by atoms with Crippen LogP contribution in [0.25, 0.3) is 11.4 Å². The van der Waals surface area contributed by atoms with Crippen LogP contribution in [0.1, 0.15) is 34.9 Å². The van der Waals surface area contributed by atoms with Crippen molar-refractivity contribution >= 4 is 29.0 Å². The van der Waals surface area contributed by atoms with Crippen LogP contribution < -0.4 is 25.4 Å². The van der Waals surface area contributed by atoms with Crippen LogP contribution in [0.2, 0.25) is 0 Å². The van der Waals surface area contributed by atoms with Crippen molar-refractivity contribution in [3.05, 3.63) is 30.2 Å². The topological polar surface area (TPSA) is 154 Å². The highest BCUT2D eigenvalue weighted by molar-refractivity contribution is 6.00. The van der Waals surface area contributed by atoms with Crippen LogP contribution in [0.5, 0.6) is 11.5 Å². The summed E-state index contributed by atoms with van der Waals surface area (Å²) in [6.45, 7) is -1.89. The van der Waals surface area contributed by atoms with E-state index in [4.69, 9.17) is 18.3 Å². The molecule has 2 aromatic heterocycles. The Kier molecular flexibility index (Phi) is 6.40. The van der Waals surface area contributed by atoms with Gasteiger partial charge < -0.3 is 30.2 Å². The molecule has 3 aromatic rings. The second kappa shape index (κ2) is 10.8. The quantitative estimate of drug-likeness (QED) is 0.388. The Morgan fingerprint density at radius 1 is 1.19 bits per heavy atom. The predicted molar refractivity (Wildman–Crippen MR) is 135 cm³/mol. The van der Waals surface area contributed by atoms with Crippen LogP contribution in [0, 0.1) is 5.92 Å². The van der Waals surface area contributed by atoms with Crippen LogP contribution >= 0.6 is 0 Å². The Bertz CT molecular complexity index is 1410. The molecule has 1 saturated carbocycles. The molecule has 13 nitrogen and oxygen atoms in total. The van der Waals surface area contributed by atoms with E-state index in [1.165, 1.54) is 24.2 Å².